The van der Waals surface area contributed by atoms with Gasteiger partial charge >= 0.3 is 0 Å². The van der Waals surface area contributed by atoms with E-state index in [0.717, 1.165) is 61.2 Å². The third-order valence-corrected chi connectivity index (χ3v) is 9.52. The third-order valence-electron chi connectivity index (χ3n) is 8.79. The molecule has 5 rings (SSSR count). The van der Waals surface area contributed by atoms with Crippen LogP contribution in [-0.4, -0.2) is 90.9 Å². The first-order chi connectivity index (χ1) is 21.2. The van der Waals surface area contributed by atoms with Gasteiger partial charge in [0, 0.05) is 20.6 Å². The highest BCUT2D eigenvalue weighted by Crippen LogP contribution is 2.42. The minimum atomic E-state index is -3.33. The average molecular weight is 616 g/mol. The maximum absolute atomic E-state index is 14.1. The van der Waals surface area contributed by atoms with Crippen LogP contribution in [0.2, 0.25) is 0 Å². The molecule has 44 heavy (non-hydrogen) atoms. The van der Waals surface area contributed by atoms with E-state index >= 15 is 0 Å². The summed E-state index contributed by atoms with van der Waals surface area (Å²) >= 11 is 0. The molecule has 4 aromatic rings. The molecule has 10 nitrogen and oxygen atoms in total. The second-order valence-electron chi connectivity index (χ2n) is 11.8. The lowest BCUT2D eigenvalue weighted by Crippen LogP contribution is -2.49. The molecule has 0 aliphatic carbocycles. The highest BCUT2D eigenvalue weighted by Gasteiger charge is 2.45. The highest BCUT2D eigenvalue weighted by atomic mass is 32.2. The Morgan fingerprint density at radius 1 is 0.886 bits per heavy atom. The van der Waals surface area contributed by atoms with Gasteiger partial charge in [-0.3, -0.25) is 4.79 Å². The van der Waals surface area contributed by atoms with Gasteiger partial charge in [0.05, 0.1) is 18.2 Å². The molecule has 1 saturated heterocycles. The van der Waals surface area contributed by atoms with Gasteiger partial charge in [-0.25, -0.2) is 17.8 Å². The number of hydrogen-bond acceptors (Lipinski definition) is 7. The number of carbonyl (C=O) groups excluding carboxylic acids is 1. The summed E-state index contributed by atoms with van der Waals surface area (Å²) in [6, 6.07) is 30.5. The van der Waals surface area contributed by atoms with E-state index in [2.05, 4.69) is 61.5 Å². The van der Waals surface area contributed by atoms with Gasteiger partial charge in [-0.2, -0.15) is 0 Å². The molecule has 232 valence electrons. The number of amides is 1. The molecule has 1 aliphatic heterocycles. The van der Waals surface area contributed by atoms with Crippen molar-refractivity contribution < 1.29 is 13.2 Å². The van der Waals surface area contributed by atoms with E-state index in [0.29, 0.717) is 13.0 Å². The van der Waals surface area contributed by atoms with Crippen molar-refractivity contribution in [3.8, 4) is 0 Å². The molecule has 1 aliphatic rings. The summed E-state index contributed by atoms with van der Waals surface area (Å²) in [6.07, 6.45) is 3.33. The van der Waals surface area contributed by atoms with Crippen LogP contribution in [0.15, 0.2) is 91.0 Å². The minimum absolute atomic E-state index is 0.0624. The second kappa shape index (κ2) is 13.4. The molecular formula is C33H41N7O3S. The van der Waals surface area contributed by atoms with Gasteiger partial charge in [-0.05, 0) is 66.0 Å². The fraction of sp³-hybridized carbons (Fsp3) is 0.394. The number of nitrogens with one attached hydrogen (secondary N) is 1. The Labute approximate surface area is 260 Å². The Hall–Kier alpha value is -3.93. The Morgan fingerprint density at radius 2 is 1.43 bits per heavy atom. The van der Waals surface area contributed by atoms with Crippen molar-refractivity contribution in [2.24, 2.45) is 0 Å². The molecule has 0 radical (unpaired) electrons. The molecule has 0 unspecified atom stereocenters. The summed E-state index contributed by atoms with van der Waals surface area (Å²) in [4.78, 5) is 18.2. The summed E-state index contributed by atoms with van der Waals surface area (Å²) in [5, 5.41) is 12.7. The molecule has 0 spiro atoms. The van der Waals surface area contributed by atoms with Crippen LogP contribution in [-0.2, 0) is 32.2 Å². The number of hydrogen-bond donors (Lipinski definition) is 1. The summed E-state index contributed by atoms with van der Waals surface area (Å²) in [5.41, 5.74) is 1.86. The lowest BCUT2D eigenvalue weighted by atomic mass is 9.70. The Kier molecular flexibility index (Phi) is 9.57. The number of benzene rings is 3. The van der Waals surface area contributed by atoms with Crippen molar-refractivity contribution in [2.75, 3.05) is 46.5 Å². The van der Waals surface area contributed by atoms with Crippen LogP contribution in [0.25, 0.3) is 0 Å². The monoisotopic (exact) mass is 615 g/mol. The van der Waals surface area contributed by atoms with Gasteiger partial charge in [0.25, 0.3) is 0 Å². The van der Waals surface area contributed by atoms with Crippen molar-refractivity contribution >= 4 is 15.9 Å². The van der Waals surface area contributed by atoms with Crippen LogP contribution in [0.4, 0.5) is 0 Å². The molecule has 11 heteroatoms. The molecule has 0 bridgehead atoms. The molecular weight excluding hydrogens is 574 g/mol. The number of carbonyl (C=O) groups is 1. The molecule has 3 aromatic carbocycles. The fourth-order valence-corrected chi connectivity index (χ4v) is 7.02. The molecule has 1 aromatic heterocycles. The molecule has 0 saturated carbocycles. The molecule has 1 amide bonds. The van der Waals surface area contributed by atoms with Gasteiger partial charge in [0.15, 0.2) is 5.82 Å². The van der Waals surface area contributed by atoms with Crippen LogP contribution in [0.5, 0.6) is 0 Å². The van der Waals surface area contributed by atoms with Gasteiger partial charge in [0.2, 0.25) is 15.9 Å². The lowest BCUT2D eigenvalue weighted by molar-refractivity contribution is -0.133. The lowest BCUT2D eigenvalue weighted by Gasteiger charge is -2.43. The van der Waals surface area contributed by atoms with E-state index in [1.54, 1.807) is 9.58 Å². The van der Waals surface area contributed by atoms with E-state index < -0.39 is 20.9 Å². The number of likely N-dealkylation sites (N-methyl/N-ethyl adjacent to an activating group) is 1. The number of nitrogens with zero attached hydrogens (tertiary/aromatic N) is 6. The highest BCUT2D eigenvalue weighted by molar-refractivity contribution is 7.88. The molecule has 1 fully saturated rings. The van der Waals surface area contributed by atoms with E-state index in [9.17, 15) is 13.2 Å². The SMILES string of the molecule is CN(C)C(=O)C(CCN1CCC(c2ccccc2)(c2nnnn2CCNS(C)(=O)=O)CC1)(c1ccccc1)c1ccccc1. The number of piperidine rings is 1. The van der Waals surface area contributed by atoms with Gasteiger partial charge in [-0.1, -0.05) is 91.0 Å². The zero-order chi connectivity index (χ0) is 31.2. The normalized spacial score (nSPS) is 15.6. The average Bonchev–Trinajstić information content (AvgIpc) is 3.51. The maximum atomic E-state index is 14.1. The van der Waals surface area contributed by atoms with Crippen LogP contribution < -0.4 is 4.72 Å². The summed E-state index contributed by atoms with van der Waals surface area (Å²) in [7, 11) is 0.328. The second-order valence-corrected chi connectivity index (χ2v) is 13.6. The molecule has 1 N–H and O–H groups in total. The predicted octanol–water partition coefficient (Wildman–Crippen LogP) is 3.07. The zero-order valence-electron chi connectivity index (χ0n) is 25.6. The van der Waals surface area contributed by atoms with Crippen molar-refractivity contribution in [1.29, 1.82) is 0 Å². The summed E-state index contributed by atoms with van der Waals surface area (Å²) < 4.78 is 27.6. The number of likely N-dealkylation sites (tertiary alicyclic amines) is 1. The number of rotatable bonds is 12. The van der Waals surface area contributed by atoms with Crippen molar-refractivity contribution in [1.82, 2.24) is 34.7 Å². The van der Waals surface area contributed by atoms with Crippen LogP contribution in [0.1, 0.15) is 41.8 Å². The van der Waals surface area contributed by atoms with Crippen molar-refractivity contribution in [3.05, 3.63) is 114 Å². The van der Waals surface area contributed by atoms with E-state index in [1.807, 2.05) is 68.7 Å². The smallest absolute Gasteiger partial charge is 0.237 e. The first kappa shape index (κ1) is 31.5. The van der Waals surface area contributed by atoms with E-state index in [4.69, 9.17) is 0 Å². The van der Waals surface area contributed by atoms with Crippen molar-refractivity contribution in [3.63, 3.8) is 0 Å². The summed E-state index contributed by atoms with van der Waals surface area (Å²) in [6.45, 7) is 2.85. The number of sulfonamides is 1. The Bertz CT molecular complexity index is 1580. The van der Waals surface area contributed by atoms with Crippen LogP contribution in [0.3, 0.4) is 0 Å². The van der Waals surface area contributed by atoms with Gasteiger partial charge < -0.3 is 9.80 Å². The third kappa shape index (κ3) is 6.59. The fourth-order valence-electron chi connectivity index (χ4n) is 6.55. The minimum Gasteiger partial charge on any atom is -0.348 e. The predicted molar refractivity (Wildman–Crippen MR) is 171 cm³/mol. The quantitative estimate of drug-likeness (QED) is 0.261. The molecule has 0 atom stereocenters. The zero-order valence-corrected chi connectivity index (χ0v) is 26.4. The van der Waals surface area contributed by atoms with E-state index in [1.165, 1.54) is 0 Å². The standard InChI is InChI=1S/C33H41N7O3S/c1-38(2)31(41)33(28-15-9-5-10-16-28,29-17-11-6-12-18-29)21-25-39-23-19-32(20-24-39,27-13-7-4-8-14-27)30-35-36-37-40(30)26-22-34-44(3,42)43/h4-18,34H,19-26H2,1-3H3. The summed E-state index contributed by atoms with van der Waals surface area (Å²) in [5.74, 6) is 0.803. The maximum Gasteiger partial charge on any atom is 0.237 e. The van der Waals surface area contributed by atoms with Gasteiger partial charge in [-0.15, -0.1) is 5.10 Å². The number of aromatic nitrogens is 4. The van der Waals surface area contributed by atoms with E-state index in [-0.39, 0.29) is 12.5 Å². The first-order valence-electron chi connectivity index (χ1n) is 15.0. The molecule has 2 heterocycles. The largest absolute Gasteiger partial charge is 0.348 e. The van der Waals surface area contributed by atoms with Crippen molar-refractivity contribution in [2.45, 2.75) is 36.6 Å². The van der Waals surface area contributed by atoms with Crippen LogP contribution >= 0.6 is 0 Å². The van der Waals surface area contributed by atoms with Gasteiger partial charge in [0.1, 0.15) is 5.41 Å². The first-order valence-corrected chi connectivity index (χ1v) is 16.9. The van der Waals surface area contributed by atoms with Crippen LogP contribution in [0, 0.1) is 0 Å². The Morgan fingerprint density at radius 3 is 1.95 bits per heavy atom. The Balaban J connectivity index is 1.41. The topological polar surface area (TPSA) is 113 Å². The number of tetrazole rings is 1.